The maximum absolute atomic E-state index is 12.9. The molecule has 118 valence electrons. The van der Waals surface area contributed by atoms with Crippen LogP contribution in [0.4, 0.5) is 0 Å². The van der Waals surface area contributed by atoms with Crippen LogP contribution < -0.4 is 0 Å². The van der Waals surface area contributed by atoms with Gasteiger partial charge in [-0.2, -0.15) is 4.31 Å². The van der Waals surface area contributed by atoms with Crippen molar-refractivity contribution < 1.29 is 13.5 Å². The number of aliphatic hydroxyl groups excluding tert-OH is 1. The van der Waals surface area contributed by atoms with E-state index in [4.69, 9.17) is 0 Å². The highest BCUT2D eigenvalue weighted by Gasteiger charge is 2.35. The van der Waals surface area contributed by atoms with Crippen molar-refractivity contribution in [3.8, 4) is 0 Å². The Labute approximate surface area is 127 Å². The van der Waals surface area contributed by atoms with Gasteiger partial charge in [0.2, 0.25) is 10.0 Å². The van der Waals surface area contributed by atoms with Gasteiger partial charge < -0.3 is 5.11 Å². The topological polar surface area (TPSA) is 57.6 Å². The Kier molecular flexibility index (Phi) is 5.07. The van der Waals surface area contributed by atoms with Crippen LogP contribution in [-0.4, -0.2) is 29.9 Å². The van der Waals surface area contributed by atoms with Gasteiger partial charge in [-0.1, -0.05) is 25.5 Å². The molecule has 1 N–H and O–H groups in total. The van der Waals surface area contributed by atoms with Crippen molar-refractivity contribution >= 4 is 10.0 Å². The Morgan fingerprint density at radius 1 is 1.29 bits per heavy atom. The second-order valence-corrected chi connectivity index (χ2v) is 7.80. The Morgan fingerprint density at radius 2 is 1.90 bits per heavy atom. The SMILES string of the molecule is CCC(O)c1cccc(S(=O)(=O)N2C(C)CCCC2C)c1. The summed E-state index contributed by atoms with van der Waals surface area (Å²) in [4.78, 5) is 0.285. The van der Waals surface area contributed by atoms with E-state index in [9.17, 15) is 13.5 Å². The van der Waals surface area contributed by atoms with Gasteiger partial charge in [-0.05, 0) is 50.8 Å². The van der Waals surface area contributed by atoms with E-state index >= 15 is 0 Å². The number of piperidine rings is 1. The van der Waals surface area contributed by atoms with E-state index in [0.29, 0.717) is 12.0 Å². The molecule has 0 bridgehead atoms. The summed E-state index contributed by atoms with van der Waals surface area (Å²) in [5.41, 5.74) is 0.663. The lowest BCUT2D eigenvalue weighted by atomic mass is 10.0. The molecule has 0 spiro atoms. The first-order valence-electron chi connectivity index (χ1n) is 7.69. The molecule has 3 unspecified atom stereocenters. The zero-order valence-corrected chi connectivity index (χ0v) is 13.8. The molecular formula is C16H25NO3S. The number of aliphatic hydroxyl groups is 1. The molecule has 5 heteroatoms. The number of hydrogen-bond donors (Lipinski definition) is 1. The zero-order valence-electron chi connectivity index (χ0n) is 13.0. The lowest BCUT2D eigenvalue weighted by molar-refractivity contribution is 0.173. The van der Waals surface area contributed by atoms with Crippen molar-refractivity contribution in [2.45, 2.75) is 69.5 Å². The van der Waals surface area contributed by atoms with Crippen LogP contribution in [0, 0.1) is 0 Å². The van der Waals surface area contributed by atoms with Crippen molar-refractivity contribution in [2.75, 3.05) is 0 Å². The minimum absolute atomic E-state index is 0.0264. The molecule has 0 amide bonds. The first-order chi connectivity index (χ1) is 9.87. The smallest absolute Gasteiger partial charge is 0.243 e. The molecule has 0 saturated carbocycles. The minimum atomic E-state index is -3.50. The lowest BCUT2D eigenvalue weighted by Crippen LogP contribution is -2.47. The standard InChI is InChI=1S/C16H25NO3S/c1-4-16(18)14-9-6-10-15(11-14)21(19,20)17-12(2)7-5-8-13(17)3/h6,9-13,16,18H,4-5,7-8H2,1-3H3. The van der Waals surface area contributed by atoms with Crippen LogP contribution in [0.25, 0.3) is 0 Å². The molecule has 1 aromatic rings. The summed E-state index contributed by atoms with van der Waals surface area (Å²) in [5.74, 6) is 0. The monoisotopic (exact) mass is 311 g/mol. The fourth-order valence-corrected chi connectivity index (χ4v) is 5.05. The average molecular weight is 311 g/mol. The van der Waals surface area contributed by atoms with Crippen molar-refractivity contribution in [1.29, 1.82) is 0 Å². The van der Waals surface area contributed by atoms with Crippen LogP contribution in [-0.2, 0) is 10.0 Å². The quantitative estimate of drug-likeness (QED) is 0.929. The summed E-state index contributed by atoms with van der Waals surface area (Å²) in [7, 11) is -3.50. The Bertz CT molecular complexity index is 575. The molecule has 4 nitrogen and oxygen atoms in total. The van der Waals surface area contributed by atoms with E-state index in [2.05, 4.69) is 0 Å². The van der Waals surface area contributed by atoms with Crippen LogP contribution >= 0.6 is 0 Å². The van der Waals surface area contributed by atoms with Gasteiger partial charge in [0.25, 0.3) is 0 Å². The second kappa shape index (κ2) is 6.46. The summed E-state index contributed by atoms with van der Waals surface area (Å²) in [6.45, 7) is 5.82. The largest absolute Gasteiger partial charge is 0.388 e. The molecule has 1 saturated heterocycles. The molecule has 0 aliphatic carbocycles. The van der Waals surface area contributed by atoms with Gasteiger partial charge in [0.15, 0.2) is 0 Å². The van der Waals surface area contributed by atoms with E-state index < -0.39 is 16.1 Å². The van der Waals surface area contributed by atoms with E-state index in [1.165, 1.54) is 0 Å². The van der Waals surface area contributed by atoms with Crippen LogP contribution in [0.1, 0.15) is 58.1 Å². The van der Waals surface area contributed by atoms with Gasteiger partial charge in [-0.25, -0.2) is 8.42 Å². The first kappa shape index (κ1) is 16.5. The van der Waals surface area contributed by atoms with Crippen molar-refractivity contribution in [1.82, 2.24) is 4.31 Å². The van der Waals surface area contributed by atoms with Crippen molar-refractivity contribution in [2.24, 2.45) is 0 Å². The molecule has 2 rings (SSSR count). The molecular weight excluding hydrogens is 286 g/mol. The van der Waals surface area contributed by atoms with Gasteiger partial charge in [0.1, 0.15) is 0 Å². The molecule has 1 fully saturated rings. The minimum Gasteiger partial charge on any atom is -0.388 e. The van der Waals surface area contributed by atoms with E-state index in [-0.39, 0.29) is 17.0 Å². The predicted molar refractivity (Wildman–Crippen MR) is 83.5 cm³/mol. The predicted octanol–water partition coefficient (Wildman–Crippen LogP) is 3.08. The second-order valence-electron chi connectivity index (χ2n) is 5.96. The molecule has 3 atom stereocenters. The summed E-state index contributed by atoms with van der Waals surface area (Å²) in [6, 6.07) is 6.76. The third-order valence-electron chi connectivity index (χ3n) is 4.32. The molecule has 1 aromatic carbocycles. The van der Waals surface area contributed by atoms with Gasteiger partial charge in [-0.15, -0.1) is 0 Å². The normalized spacial score (nSPS) is 25.7. The lowest BCUT2D eigenvalue weighted by Gasteiger charge is -2.37. The highest BCUT2D eigenvalue weighted by molar-refractivity contribution is 7.89. The number of hydrogen-bond acceptors (Lipinski definition) is 3. The van der Waals surface area contributed by atoms with Crippen LogP contribution in [0.2, 0.25) is 0 Å². The van der Waals surface area contributed by atoms with Gasteiger partial charge in [-0.3, -0.25) is 0 Å². The third-order valence-corrected chi connectivity index (χ3v) is 6.44. The van der Waals surface area contributed by atoms with Crippen molar-refractivity contribution in [3.05, 3.63) is 29.8 Å². The Morgan fingerprint density at radius 3 is 2.48 bits per heavy atom. The fraction of sp³-hybridized carbons (Fsp3) is 0.625. The molecule has 0 aromatic heterocycles. The van der Waals surface area contributed by atoms with Gasteiger partial charge in [0, 0.05) is 12.1 Å². The number of sulfonamides is 1. The molecule has 1 aliphatic rings. The number of benzene rings is 1. The summed E-state index contributed by atoms with van der Waals surface area (Å²) in [5, 5.41) is 9.93. The molecule has 1 heterocycles. The summed E-state index contributed by atoms with van der Waals surface area (Å²) in [6.07, 6.45) is 2.83. The molecule has 21 heavy (non-hydrogen) atoms. The Hall–Kier alpha value is -0.910. The van der Waals surface area contributed by atoms with Crippen LogP contribution in [0.15, 0.2) is 29.2 Å². The van der Waals surface area contributed by atoms with Crippen molar-refractivity contribution in [3.63, 3.8) is 0 Å². The first-order valence-corrected chi connectivity index (χ1v) is 9.13. The third kappa shape index (κ3) is 3.30. The van der Waals surface area contributed by atoms with E-state index in [1.807, 2.05) is 20.8 Å². The molecule has 1 aliphatic heterocycles. The van der Waals surface area contributed by atoms with E-state index in [0.717, 1.165) is 19.3 Å². The molecule has 0 radical (unpaired) electrons. The average Bonchev–Trinajstić information content (AvgIpc) is 2.46. The highest BCUT2D eigenvalue weighted by Crippen LogP contribution is 2.30. The van der Waals surface area contributed by atoms with E-state index in [1.54, 1.807) is 28.6 Å². The highest BCUT2D eigenvalue weighted by atomic mass is 32.2. The van der Waals surface area contributed by atoms with Crippen LogP contribution in [0.3, 0.4) is 0 Å². The Balaban J connectivity index is 2.39. The summed E-state index contributed by atoms with van der Waals surface area (Å²) >= 11 is 0. The zero-order chi connectivity index (χ0) is 15.6. The maximum Gasteiger partial charge on any atom is 0.243 e. The fourth-order valence-electron chi connectivity index (χ4n) is 3.11. The van der Waals surface area contributed by atoms with Gasteiger partial charge >= 0.3 is 0 Å². The number of nitrogens with zero attached hydrogens (tertiary/aromatic N) is 1. The summed E-state index contributed by atoms with van der Waals surface area (Å²) < 4.78 is 27.5. The number of rotatable bonds is 4. The maximum atomic E-state index is 12.9. The van der Waals surface area contributed by atoms with Crippen LogP contribution in [0.5, 0.6) is 0 Å². The van der Waals surface area contributed by atoms with Gasteiger partial charge in [0.05, 0.1) is 11.0 Å².